The van der Waals surface area contributed by atoms with Crippen molar-refractivity contribution in [3.8, 4) is 0 Å². The summed E-state index contributed by atoms with van der Waals surface area (Å²) in [4.78, 5) is 0. The number of hydrogen-bond acceptors (Lipinski definition) is 3. The molecule has 0 bridgehead atoms. The fourth-order valence-electron chi connectivity index (χ4n) is 3.38. The van der Waals surface area contributed by atoms with Crippen LogP contribution in [-0.4, -0.2) is 30.1 Å². The minimum absolute atomic E-state index is 0.705. The summed E-state index contributed by atoms with van der Waals surface area (Å²) in [6.45, 7) is 0.869. The van der Waals surface area contributed by atoms with Crippen molar-refractivity contribution in [2.45, 2.75) is 62.3 Å². The summed E-state index contributed by atoms with van der Waals surface area (Å²) < 4.78 is 0. The molecular formula is C13H26N2S. The van der Waals surface area contributed by atoms with Crippen LogP contribution in [0.5, 0.6) is 0 Å². The van der Waals surface area contributed by atoms with E-state index in [0.717, 1.165) is 23.8 Å². The molecule has 4 atom stereocenters. The molecule has 0 aromatic rings. The molecule has 2 rings (SSSR count). The Kier molecular flexibility index (Phi) is 4.98. The van der Waals surface area contributed by atoms with Crippen LogP contribution in [0.2, 0.25) is 0 Å². The molecule has 0 heterocycles. The summed E-state index contributed by atoms with van der Waals surface area (Å²) >= 11 is 2.04. The zero-order valence-corrected chi connectivity index (χ0v) is 11.3. The van der Waals surface area contributed by atoms with Crippen molar-refractivity contribution in [3.05, 3.63) is 0 Å². The van der Waals surface area contributed by atoms with E-state index in [1.807, 2.05) is 11.8 Å². The maximum Gasteiger partial charge on any atom is 0.0198 e. The Balaban J connectivity index is 1.86. The molecule has 16 heavy (non-hydrogen) atoms. The van der Waals surface area contributed by atoms with Crippen molar-refractivity contribution < 1.29 is 0 Å². The van der Waals surface area contributed by atoms with Gasteiger partial charge in [-0.15, -0.1) is 0 Å². The van der Waals surface area contributed by atoms with Gasteiger partial charge in [-0.3, -0.25) is 0 Å². The van der Waals surface area contributed by atoms with E-state index in [4.69, 9.17) is 5.73 Å². The van der Waals surface area contributed by atoms with Crippen LogP contribution < -0.4 is 11.1 Å². The molecule has 2 fully saturated rings. The molecule has 4 unspecified atom stereocenters. The summed E-state index contributed by atoms with van der Waals surface area (Å²) in [6.07, 6.45) is 11.9. The van der Waals surface area contributed by atoms with Crippen LogP contribution in [-0.2, 0) is 0 Å². The van der Waals surface area contributed by atoms with Gasteiger partial charge in [0.1, 0.15) is 0 Å². The Bertz CT molecular complexity index is 210. The number of nitrogens with two attached hydrogens (primary N) is 1. The van der Waals surface area contributed by atoms with Gasteiger partial charge in [-0.25, -0.2) is 0 Å². The molecule has 0 spiro atoms. The van der Waals surface area contributed by atoms with Crippen molar-refractivity contribution in [3.63, 3.8) is 0 Å². The second kappa shape index (κ2) is 6.27. The molecule has 2 aliphatic carbocycles. The predicted molar refractivity (Wildman–Crippen MR) is 72.9 cm³/mol. The highest BCUT2D eigenvalue weighted by molar-refractivity contribution is 7.99. The van der Waals surface area contributed by atoms with Gasteiger partial charge in [-0.05, 0) is 44.4 Å². The van der Waals surface area contributed by atoms with Gasteiger partial charge in [0, 0.05) is 17.3 Å². The molecule has 0 aromatic carbocycles. The van der Waals surface area contributed by atoms with Gasteiger partial charge in [0.2, 0.25) is 0 Å². The summed E-state index contributed by atoms with van der Waals surface area (Å²) in [5.41, 5.74) is 5.89. The molecule has 0 amide bonds. The van der Waals surface area contributed by atoms with Crippen molar-refractivity contribution in [2.24, 2.45) is 11.7 Å². The van der Waals surface area contributed by atoms with Crippen LogP contribution in [0.4, 0.5) is 0 Å². The Hall–Kier alpha value is 0.270. The summed E-state index contributed by atoms with van der Waals surface area (Å²) in [5, 5.41) is 4.77. The van der Waals surface area contributed by atoms with Gasteiger partial charge >= 0.3 is 0 Å². The van der Waals surface area contributed by atoms with Crippen LogP contribution in [0.3, 0.4) is 0 Å². The lowest BCUT2D eigenvalue weighted by molar-refractivity contribution is 0.249. The molecule has 94 valence electrons. The maximum absolute atomic E-state index is 5.89. The monoisotopic (exact) mass is 242 g/mol. The van der Waals surface area contributed by atoms with Crippen LogP contribution >= 0.6 is 11.8 Å². The van der Waals surface area contributed by atoms with Crippen LogP contribution in [0, 0.1) is 5.92 Å². The highest BCUT2D eigenvalue weighted by atomic mass is 32.2. The highest BCUT2D eigenvalue weighted by Gasteiger charge is 2.31. The van der Waals surface area contributed by atoms with E-state index in [1.165, 1.54) is 44.9 Å². The topological polar surface area (TPSA) is 38.0 Å². The van der Waals surface area contributed by atoms with E-state index in [9.17, 15) is 0 Å². The fourth-order valence-corrected chi connectivity index (χ4v) is 4.33. The third kappa shape index (κ3) is 2.93. The molecule has 3 N–H and O–H groups in total. The zero-order valence-electron chi connectivity index (χ0n) is 10.5. The molecule has 0 aromatic heterocycles. The molecule has 0 radical (unpaired) electrons. The normalized spacial score (nSPS) is 40.1. The minimum atomic E-state index is 0.705. The van der Waals surface area contributed by atoms with Gasteiger partial charge in [0.25, 0.3) is 0 Å². The standard InChI is InChI=1S/C13H26N2S/c1-16-13-8-4-7-12(13)15-11-6-3-2-5-10(11)9-14/h10-13,15H,2-9,14H2,1H3. The first kappa shape index (κ1) is 12.7. The smallest absolute Gasteiger partial charge is 0.0198 e. The lowest BCUT2D eigenvalue weighted by Crippen LogP contribution is -2.48. The van der Waals surface area contributed by atoms with Crippen molar-refractivity contribution in [2.75, 3.05) is 12.8 Å². The van der Waals surface area contributed by atoms with E-state index in [0.29, 0.717) is 6.04 Å². The van der Waals surface area contributed by atoms with Crippen LogP contribution in [0.15, 0.2) is 0 Å². The van der Waals surface area contributed by atoms with E-state index in [1.54, 1.807) is 0 Å². The van der Waals surface area contributed by atoms with E-state index in [-0.39, 0.29) is 0 Å². The van der Waals surface area contributed by atoms with Gasteiger partial charge in [-0.2, -0.15) is 11.8 Å². The third-order valence-corrected chi connectivity index (χ3v) is 5.57. The van der Waals surface area contributed by atoms with E-state index in [2.05, 4.69) is 11.6 Å². The highest BCUT2D eigenvalue weighted by Crippen LogP contribution is 2.31. The van der Waals surface area contributed by atoms with E-state index >= 15 is 0 Å². The van der Waals surface area contributed by atoms with Gasteiger partial charge in [0.15, 0.2) is 0 Å². The maximum atomic E-state index is 5.89. The average Bonchev–Trinajstić information content (AvgIpc) is 2.77. The summed E-state index contributed by atoms with van der Waals surface area (Å²) in [6, 6.07) is 1.46. The molecule has 0 saturated heterocycles. The first-order valence-electron chi connectivity index (χ1n) is 6.84. The first-order valence-corrected chi connectivity index (χ1v) is 8.13. The molecule has 2 aliphatic rings. The Morgan fingerprint density at radius 3 is 2.56 bits per heavy atom. The first-order chi connectivity index (χ1) is 7.85. The third-order valence-electron chi connectivity index (χ3n) is 4.40. The second-order valence-corrected chi connectivity index (χ2v) is 6.44. The number of rotatable bonds is 4. The molecule has 0 aliphatic heterocycles. The van der Waals surface area contributed by atoms with E-state index < -0.39 is 0 Å². The fraction of sp³-hybridized carbons (Fsp3) is 1.00. The Labute approximate surface area is 104 Å². The summed E-state index contributed by atoms with van der Waals surface area (Å²) in [5.74, 6) is 0.733. The number of nitrogens with one attached hydrogen (secondary N) is 1. The van der Waals surface area contributed by atoms with Crippen LogP contribution in [0.1, 0.15) is 44.9 Å². The van der Waals surface area contributed by atoms with Crippen LogP contribution in [0.25, 0.3) is 0 Å². The lowest BCUT2D eigenvalue weighted by Gasteiger charge is -2.35. The van der Waals surface area contributed by atoms with Crippen molar-refractivity contribution >= 4 is 11.8 Å². The SMILES string of the molecule is CSC1CCCC1NC1CCCCC1CN. The van der Waals surface area contributed by atoms with Gasteiger partial charge in [0.05, 0.1) is 0 Å². The Morgan fingerprint density at radius 1 is 1.06 bits per heavy atom. The van der Waals surface area contributed by atoms with Crippen molar-refractivity contribution in [1.82, 2.24) is 5.32 Å². The van der Waals surface area contributed by atoms with Crippen molar-refractivity contribution in [1.29, 1.82) is 0 Å². The number of thioether (sulfide) groups is 1. The zero-order chi connectivity index (χ0) is 11.4. The number of hydrogen-bond donors (Lipinski definition) is 2. The molecule has 3 heteroatoms. The molecular weight excluding hydrogens is 216 g/mol. The average molecular weight is 242 g/mol. The molecule has 2 nitrogen and oxygen atoms in total. The largest absolute Gasteiger partial charge is 0.330 e. The molecule has 2 saturated carbocycles. The van der Waals surface area contributed by atoms with Gasteiger partial charge in [-0.1, -0.05) is 19.3 Å². The Morgan fingerprint density at radius 2 is 1.81 bits per heavy atom. The quantitative estimate of drug-likeness (QED) is 0.795. The lowest BCUT2D eigenvalue weighted by atomic mass is 9.84. The predicted octanol–water partition coefficient (Wildman–Crippen LogP) is 2.38. The summed E-state index contributed by atoms with van der Waals surface area (Å²) in [7, 11) is 0. The minimum Gasteiger partial charge on any atom is -0.330 e. The van der Waals surface area contributed by atoms with Gasteiger partial charge < -0.3 is 11.1 Å². The second-order valence-electron chi connectivity index (χ2n) is 5.36.